The van der Waals surface area contributed by atoms with Gasteiger partial charge in [-0.05, 0) is 56.2 Å². The normalized spacial score (nSPS) is 11.4. The summed E-state index contributed by atoms with van der Waals surface area (Å²) in [6.45, 7) is 2.27. The molecular weight excluding hydrogens is 332 g/mol. The van der Waals surface area contributed by atoms with E-state index in [1.807, 2.05) is 0 Å². The first kappa shape index (κ1) is 23.6. The molecule has 0 amide bonds. The van der Waals surface area contributed by atoms with Crippen LogP contribution in [0.2, 0.25) is 0 Å². The Morgan fingerprint density at radius 3 is 1.56 bits per heavy atom. The van der Waals surface area contributed by atoms with Crippen molar-refractivity contribution in [2.75, 3.05) is 0 Å². The first-order valence-corrected chi connectivity index (χ1v) is 11.4. The fourth-order valence-corrected chi connectivity index (χ4v) is 3.55. The van der Waals surface area contributed by atoms with Gasteiger partial charge in [0.05, 0.1) is 0 Å². The summed E-state index contributed by atoms with van der Waals surface area (Å²) in [4.78, 5) is 0. The summed E-state index contributed by atoms with van der Waals surface area (Å²) in [5.41, 5.74) is 1.03. The van der Waals surface area contributed by atoms with Crippen molar-refractivity contribution < 1.29 is 10.2 Å². The van der Waals surface area contributed by atoms with Crippen molar-refractivity contribution in [1.29, 1.82) is 0 Å². The van der Waals surface area contributed by atoms with E-state index in [0.29, 0.717) is 0 Å². The fourth-order valence-electron chi connectivity index (χ4n) is 3.55. The first-order chi connectivity index (χ1) is 13.2. The fraction of sp³-hybridized carbons (Fsp3) is 0.680. The minimum atomic E-state index is 0.158. The lowest BCUT2D eigenvalue weighted by Gasteiger charge is -2.04. The third-order valence-electron chi connectivity index (χ3n) is 5.19. The average Bonchev–Trinajstić information content (AvgIpc) is 2.63. The van der Waals surface area contributed by atoms with Crippen LogP contribution >= 0.6 is 0 Å². The van der Waals surface area contributed by atoms with Crippen LogP contribution in [0.1, 0.15) is 109 Å². The molecule has 0 aromatic heterocycles. The van der Waals surface area contributed by atoms with Crippen molar-refractivity contribution in [3.8, 4) is 11.5 Å². The maximum atomic E-state index is 9.47. The molecule has 0 radical (unpaired) electrons. The molecule has 2 N–H and O–H groups in total. The zero-order valence-corrected chi connectivity index (χ0v) is 17.6. The van der Waals surface area contributed by atoms with Crippen LogP contribution in [0.5, 0.6) is 11.5 Å². The molecule has 1 aromatic carbocycles. The maximum absolute atomic E-state index is 9.47. The van der Waals surface area contributed by atoms with E-state index in [9.17, 15) is 10.2 Å². The van der Waals surface area contributed by atoms with E-state index in [4.69, 9.17) is 0 Å². The number of hydrogen-bond acceptors (Lipinski definition) is 2. The van der Waals surface area contributed by atoms with Crippen molar-refractivity contribution in [2.24, 2.45) is 0 Å². The molecule has 0 saturated carbocycles. The van der Waals surface area contributed by atoms with E-state index in [1.54, 1.807) is 12.1 Å². The Hall–Kier alpha value is -1.44. The Kier molecular flexibility index (Phi) is 14.6. The van der Waals surface area contributed by atoms with E-state index < -0.39 is 0 Å². The number of rotatable bonds is 17. The SMILES string of the molecule is CCCCCCCCC=CCCCCCCCCCc1cc(O)cc(O)c1. The Morgan fingerprint density at radius 2 is 1.04 bits per heavy atom. The Bertz CT molecular complexity index is 473. The Balaban J connectivity index is 1.83. The second kappa shape index (κ2) is 16.7. The minimum Gasteiger partial charge on any atom is -0.508 e. The summed E-state index contributed by atoms with van der Waals surface area (Å²) < 4.78 is 0. The molecular formula is C25H42O2. The molecule has 0 bridgehead atoms. The molecule has 0 spiro atoms. The van der Waals surface area contributed by atoms with Gasteiger partial charge in [0.2, 0.25) is 0 Å². The zero-order valence-electron chi connectivity index (χ0n) is 17.6. The van der Waals surface area contributed by atoms with Crippen LogP contribution in [0.25, 0.3) is 0 Å². The lowest BCUT2D eigenvalue weighted by molar-refractivity contribution is 0.449. The number of hydrogen-bond donors (Lipinski definition) is 2. The molecule has 0 unspecified atom stereocenters. The number of benzene rings is 1. The van der Waals surface area contributed by atoms with E-state index in [2.05, 4.69) is 19.1 Å². The monoisotopic (exact) mass is 374 g/mol. The van der Waals surface area contributed by atoms with E-state index >= 15 is 0 Å². The molecule has 0 aliphatic rings. The highest BCUT2D eigenvalue weighted by Crippen LogP contribution is 2.22. The van der Waals surface area contributed by atoms with Crippen molar-refractivity contribution in [2.45, 2.75) is 110 Å². The van der Waals surface area contributed by atoms with E-state index in [1.165, 1.54) is 96.0 Å². The number of allylic oxidation sites excluding steroid dienone is 2. The largest absolute Gasteiger partial charge is 0.508 e. The second-order valence-electron chi connectivity index (χ2n) is 7.90. The number of aromatic hydroxyl groups is 2. The molecule has 0 aliphatic carbocycles. The van der Waals surface area contributed by atoms with Gasteiger partial charge in [0.25, 0.3) is 0 Å². The molecule has 0 heterocycles. The predicted octanol–water partition coefficient (Wildman–Crippen LogP) is 8.07. The van der Waals surface area contributed by atoms with Crippen LogP contribution in [0.3, 0.4) is 0 Å². The summed E-state index contributed by atoms with van der Waals surface area (Å²) in [5, 5.41) is 18.9. The second-order valence-corrected chi connectivity index (χ2v) is 7.90. The third-order valence-corrected chi connectivity index (χ3v) is 5.19. The Labute approximate surface area is 167 Å². The molecule has 0 atom stereocenters. The van der Waals surface area contributed by atoms with Gasteiger partial charge in [-0.25, -0.2) is 0 Å². The lowest BCUT2D eigenvalue weighted by atomic mass is 10.0. The smallest absolute Gasteiger partial charge is 0.119 e. The first-order valence-electron chi connectivity index (χ1n) is 11.4. The summed E-state index contributed by atoms with van der Waals surface area (Å²) in [5.74, 6) is 0.317. The van der Waals surface area contributed by atoms with E-state index in [0.717, 1.165) is 18.4 Å². The minimum absolute atomic E-state index is 0.158. The van der Waals surface area contributed by atoms with Gasteiger partial charge in [0.1, 0.15) is 11.5 Å². The van der Waals surface area contributed by atoms with Crippen molar-refractivity contribution in [3.63, 3.8) is 0 Å². The van der Waals surface area contributed by atoms with Crippen molar-refractivity contribution in [3.05, 3.63) is 35.9 Å². The van der Waals surface area contributed by atoms with Gasteiger partial charge in [0, 0.05) is 6.07 Å². The van der Waals surface area contributed by atoms with Crippen LogP contribution < -0.4 is 0 Å². The predicted molar refractivity (Wildman–Crippen MR) is 118 cm³/mol. The molecule has 1 aromatic rings. The maximum Gasteiger partial charge on any atom is 0.119 e. The van der Waals surface area contributed by atoms with Gasteiger partial charge in [-0.3, -0.25) is 0 Å². The zero-order chi connectivity index (χ0) is 19.6. The van der Waals surface area contributed by atoms with Crippen LogP contribution in [0.15, 0.2) is 30.4 Å². The van der Waals surface area contributed by atoms with Gasteiger partial charge in [-0.15, -0.1) is 0 Å². The summed E-state index contributed by atoms with van der Waals surface area (Å²) in [6, 6.07) is 4.88. The Morgan fingerprint density at radius 1 is 0.593 bits per heavy atom. The average molecular weight is 375 g/mol. The molecule has 0 saturated heterocycles. The van der Waals surface area contributed by atoms with Crippen LogP contribution in [-0.2, 0) is 6.42 Å². The molecule has 27 heavy (non-hydrogen) atoms. The van der Waals surface area contributed by atoms with Crippen molar-refractivity contribution >= 4 is 0 Å². The lowest BCUT2D eigenvalue weighted by Crippen LogP contribution is -1.86. The third kappa shape index (κ3) is 14.3. The van der Waals surface area contributed by atoms with E-state index in [-0.39, 0.29) is 11.5 Å². The molecule has 0 aliphatic heterocycles. The van der Waals surface area contributed by atoms with Gasteiger partial charge < -0.3 is 10.2 Å². The topological polar surface area (TPSA) is 40.5 Å². The number of phenolic OH excluding ortho intramolecular Hbond substituents is 2. The highest BCUT2D eigenvalue weighted by Gasteiger charge is 1.99. The quantitative estimate of drug-likeness (QED) is 0.214. The molecule has 2 heteroatoms. The van der Waals surface area contributed by atoms with Gasteiger partial charge >= 0.3 is 0 Å². The highest BCUT2D eigenvalue weighted by atomic mass is 16.3. The number of phenols is 2. The van der Waals surface area contributed by atoms with Gasteiger partial charge in [-0.1, -0.05) is 83.3 Å². The van der Waals surface area contributed by atoms with Gasteiger partial charge in [0.15, 0.2) is 0 Å². The molecule has 0 fully saturated rings. The number of unbranched alkanes of at least 4 members (excludes halogenated alkanes) is 13. The van der Waals surface area contributed by atoms with Crippen LogP contribution in [0.4, 0.5) is 0 Å². The van der Waals surface area contributed by atoms with Crippen molar-refractivity contribution in [1.82, 2.24) is 0 Å². The molecule has 154 valence electrons. The van der Waals surface area contributed by atoms with Gasteiger partial charge in [-0.2, -0.15) is 0 Å². The molecule has 2 nitrogen and oxygen atoms in total. The number of aryl methyl sites for hydroxylation is 1. The summed E-state index contributed by atoms with van der Waals surface area (Å²) in [6.07, 6.45) is 25.6. The standard InChI is InChI=1S/C25H42O2/c1-2-3-4-5-6-7-8-9-10-11-12-13-14-15-16-17-18-19-23-20-24(26)22-25(27)21-23/h9-10,20-22,26-27H,2-8,11-19H2,1H3. The van der Waals surface area contributed by atoms with Crippen LogP contribution in [-0.4, -0.2) is 10.2 Å². The summed E-state index contributed by atoms with van der Waals surface area (Å²) >= 11 is 0. The highest BCUT2D eigenvalue weighted by molar-refractivity contribution is 5.36. The molecule has 1 rings (SSSR count). The summed E-state index contributed by atoms with van der Waals surface area (Å²) in [7, 11) is 0. The van der Waals surface area contributed by atoms with Crippen LogP contribution in [0, 0.1) is 0 Å².